The zero-order chi connectivity index (χ0) is 13.5. The van der Waals surface area contributed by atoms with Gasteiger partial charge in [-0.05, 0) is 24.3 Å². The van der Waals surface area contributed by atoms with Crippen LogP contribution >= 0.6 is 15.9 Å². The van der Waals surface area contributed by atoms with E-state index in [1.807, 2.05) is 5.32 Å². The molecule has 0 unspecified atom stereocenters. The molecule has 3 N–H and O–H groups in total. The molecule has 0 aliphatic carbocycles. The number of carbonyl (C=O) groups excluding carboxylic acids is 2. The molecule has 0 bridgehead atoms. The second-order valence-corrected chi connectivity index (χ2v) is 4.32. The molecule has 7 heteroatoms. The van der Waals surface area contributed by atoms with E-state index in [1.165, 1.54) is 0 Å². The number of hydrogen-bond acceptors (Lipinski definition) is 3. The number of nitrogens with one attached hydrogen (secondary N) is 2. The fourth-order valence-electron chi connectivity index (χ4n) is 1.11. The molecule has 0 heterocycles. The summed E-state index contributed by atoms with van der Waals surface area (Å²) >= 11 is 3.25. The number of halogens is 1. The molecule has 1 aromatic rings. The second-order valence-electron chi connectivity index (χ2n) is 3.40. The van der Waals surface area contributed by atoms with E-state index in [0.29, 0.717) is 5.69 Å². The van der Waals surface area contributed by atoms with E-state index in [2.05, 4.69) is 21.2 Å². The predicted molar refractivity (Wildman–Crippen MR) is 68.2 cm³/mol. The van der Waals surface area contributed by atoms with Gasteiger partial charge in [0, 0.05) is 16.6 Å². The van der Waals surface area contributed by atoms with Gasteiger partial charge < -0.3 is 10.4 Å². The Morgan fingerprint density at radius 1 is 1.11 bits per heavy atom. The Kier molecular flexibility index (Phi) is 5.31. The number of imide groups is 1. The Balaban J connectivity index is 2.39. The fraction of sp³-hybridized carbons (Fsp3) is 0.182. The summed E-state index contributed by atoms with van der Waals surface area (Å²) in [5.74, 6) is -1.72. The average molecular weight is 315 g/mol. The van der Waals surface area contributed by atoms with Gasteiger partial charge in [-0.2, -0.15) is 0 Å². The van der Waals surface area contributed by atoms with Crippen LogP contribution in [0.1, 0.15) is 12.8 Å². The number of aliphatic carboxylic acids is 1. The fourth-order valence-corrected chi connectivity index (χ4v) is 1.37. The number of urea groups is 1. The van der Waals surface area contributed by atoms with Gasteiger partial charge in [0.15, 0.2) is 0 Å². The van der Waals surface area contributed by atoms with Crippen molar-refractivity contribution in [3.63, 3.8) is 0 Å². The maximum atomic E-state index is 11.4. The van der Waals surface area contributed by atoms with Gasteiger partial charge >= 0.3 is 12.0 Å². The van der Waals surface area contributed by atoms with Gasteiger partial charge in [-0.1, -0.05) is 15.9 Å². The Morgan fingerprint density at radius 2 is 1.72 bits per heavy atom. The Bertz CT molecular complexity index is 459. The van der Waals surface area contributed by atoms with Crippen molar-refractivity contribution >= 4 is 39.5 Å². The van der Waals surface area contributed by atoms with E-state index >= 15 is 0 Å². The molecule has 18 heavy (non-hydrogen) atoms. The van der Waals surface area contributed by atoms with Crippen molar-refractivity contribution in [1.82, 2.24) is 5.32 Å². The maximum Gasteiger partial charge on any atom is 0.325 e. The molecule has 96 valence electrons. The first-order chi connectivity index (χ1) is 8.47. The predicted octanol–water partition coefficient (Wildman–Crippen LogP) is 1.96. The number of carboxylic acid groups (broad SMARTS) is 1. The van der Waals surface area contributed by atoms with Crippen LogP contribution in [-0.4, -0.2) is 23.0 Å². The van der Waals surface area contributed by atoms with E-state index in [0.717, 1.165) is 4.47 Å². The molecule has 0 atom stereocenters. The molecular weight excluding hydrogens is 304 g/mol. The van der Waals surface area contributed by atoms with Crippen LogP contribution in [0.3, 0.4) is 0 Å². The van der Waals surface area contributed by atoms with Crippen LogP contribution < -0.4 is 10.6 Å². The van der Waals surface area contributed by atoms with Crippen molar-refractivity contribution in [2.75, 3.05) is 5.32 Å². The van der Waals surface area contributed by atoms with Crippen molar-refractivity contribution in [1.29, 1.82) is 0 Å². The number of carboxylic acids is 1. The van der Waals surface area contributed by atoms with Crippen molar-refractivity contribution in [2.24, 2.45) is 0 Å². The average Bonchev–Trinajstić information content (AvgIpc) is 2.29. The number of rotatable bonds is 4. The van der Waals surface area contributed by atoms with Gasteiger partial charge in [0.2, 0.25) is 5.91 Å². The van der Waals surface area contributed by atoms with Crippen molar-refractivity contribution in [3.8, 4) is 0 Å². The van der Waals surface area contributed by atoms with E-state index in [4.69, 9.17) is 5.11 Å². The highest BCUT2D eigenvalue weighted by atomic mass is 79.9. The summed E-state index contributed by atoms with van der Waals surface area (Å²) in [7, 11) is 0. The topological polar surface area (TPSA) is 95.5 Å². The van der Waals surface area contributed by atoms with Gasteiger partial charge in [0.05, 0.1) is 6.42 Å². The molecule has 0 saturated heterocycles. The van der Waals surface area contributed by atoms with E-state index in [1.54, 1.807) is 24.3 Å². The number of hydrogen-bond donors (Lipinski definition) is 3. The summed E-state index contributed by atoms with van der Waals surface area (Å²) in [6.45, 7) is 0. The molecule has 0 aliphatic rings. The van der Waals surface area contributed by atoms with E-state index in [9.17, 15) is 14.4 Å². The van der Waals surface area contributed by atoms with Gasteiger partial charge in [-0.15, -0.1) is 0 Å². The summed E-state index contributed by atoms with van der Waals surface area (Å²) in [5, 5.41) is 12.9. The monoisotopic (exact) mass is 314 g/mol. The summed E-state index contributed by atoms with van der Waals surface area (Å²) < 4.78 is 0.867. The van der Waals surface area contributed by atoms with Crippen LogP contribution in [0, 0.1) is 0 Å². The number of benzene rings is 1. The third-order valence-corrected chi connectivity index (χ3v) is 2.45. The third kappa shape index (κ3) is 5.44. The molecule has 0 radical (unpaired) electrons. The first-order valence-electron chi connectivity index (χ1n) is 5.05. The maximum absolute atomic E-state index is 11.4. The minimum absolute atomic E-state index is 0.233. The lowest BCUT2D eigenvalue weighted by Gasteiger charge is -2.06. The molecule has 3 amide bonds. The Hall–Kier alpha value is -1.89. The minimum Gasteiger partial charge on any atom is -0.481 e. The molecule has 0 aliphatic heterocycles. The molecule has 0 saturated carbocycles. The van der Waals surface area contributed by atoms with Gasteiger partial charge in [0.1, 0.15) is 0 Å². The molecule has 6 nitrogen and oxygen atoms in total. The zero-order valence-corrected chi connectivity index (χ0v) is 10.9. The number of amides is 3. The van der Waals surface area contributed by atoms with Crippen molar-refractivity contribution in [3.05, 3.63) is 28.7 Å². The van der Waals surface area contributed by atoms with Crippen molar-refractivity contribution in [2.45, 2.75) is 12.8 Å². The van der Waals surface area contributed by atoms with Crippen LogP contribution in [0.25, 0.3) is 0 Å². The van der Waals surface area contributed by atoms with E-state index < -0.39 is 17.9 Å². The van der Waals surface area contributed by atoms with Crippen molar-refractivity contribution < 1.29 is 19.5 Å². The third-order valence-electron chi connectivity index (χ3n) is 1.92. The van der Waals surface area contributed by atoms with Gasteiger partial charge in [-0.25, -0.2) is 4.79 Å². The van der Waals surface area contributed by atoms with Crippen LogP contribution in [0.15, 0.2) is 28.7 Å². The lowest BCUT2D eigenvalue weighted by atomic mass is 10.3. The first-order valence-corrected chi connectivity index (χ1v) is 5.85. The molecule has 1 aromatic carbocycles. The highest BCUT2D eigenvalue weighted by molar-refractivity contribution is 9.10. The van der Waals surface area contributed by atoms with Crippen LogP contribution in [0.5, 0.6) is 0 Å². The van der Waals surface area contributed by atoms with Crippen LogP contribution in [0.2, 0.25) is 0 Å². The highest BCUT2D eigenvalue weighted by Crippen LogP contribution is 2.13. The lowest BCUT2D eigenvalue weighted by Crippen LogP contribution is -2.34. The lowest BCUT2D eigenvalue weighted by molar-refractivity contribution is -0.138. The highest BCUT2D eigenvalue weighted by Gasteiger charge is 2.09. The van der Waals surface area contributed by atoms with E-state index in [-0.39, 0.29) is 12.8 Å². The normalized spacial score (nSPS) is 9.61. The summed E-state index contributed by atoms with van der Waals surface area (Å²) in [6.07, 6.45) is -0.541. The minimum atomic E-state index is -1.08. The summed E-state index contributed by atoms with van der Waals surface area (Å²) in [5.41, 5.74) is 0.529. The molecule has 1 rings (SSSR count). The number of carbonyl (C=O) groups is 3. The Labute approximate surface area is 112 Å². The van der Waals surface area contributed by atoms with Gasteiger partial charge in [0.25, 0.3) is 0 Å². The molecule has 0 fully saturated rings. The molecule has 0 aromatic heterocycles. The zero-order valence-electron chi connectivity index (χ0n) is 9.27. The SMILES string of the molecule is O=C(O)CCC(=O)NC(=O)Nc1ccc(Br)cc1. The second kappa shape index (κ2) is 6.75. The summed E-state index contributed by atoms with van der Waals surface area (Å²) in [6, 6.07) is 6.10. The molecule has 0 spiro atoms. The largest absolute Gasteiger partial charge is 0.481 e. The van der Waals surface area contributed by atoms with Gasteiger partial charge in [-0.3, -0.25) is 14.9 Å². The summed E-state index contributed by atoms with van der Waals surface area (Å²) in [4.78, 5) is 32.7. The molecular formula is C11H11BrN2O4. The number of anilines is 1. The smallest absolute Gasteiger partial charge is 0.325 e. The first kappa shape index (κ1) is 14.2. The van der Waals surface area contributed by atoms with Crippen LogP contribution in [0.4, 0.5) is 10.5 Å². The Morgan fingerprint density at radius 3 is 2.28 bits per heavy atom. The standard InChI is InChI=1S/C11H11BrN2O4/c12-7-1-3-8(4-2-7)13-11(18)14-9(15)5-6-10(16)17/h1-4H,5-6H2,(H,16,17)(H2,13,14,15,18). The quantitative estimate of drug-likeness (QED) is 0.791. The van der Waals surface area contributed by atoms with Crippen LogP contribution in [-0.2, 0) is 9.59 Å².